The molecule has 26 heavy (non-hydrogen) atoms. The Morgan fingerprint density at radius 2 is 1.23 bits per heavy atom. The Balaban J connectivity index is 0.000000263. The lowest BCUT2D eigenvalue weighted by molar-refractivity contribution is 0.438. The summed E-state index contributed by atoms with van der Waals surface area (Å²) in [6.45, 7) is 4.00. The van der Waals surface area contributed by atoms with E-state index in [0.717, 1.165) is 0 Å². The smallest absolute Gasteiger partial charge is 0.0898 e. The number of rotatable bonds is 3. The van der Waals surface area contributed by atoms with Gasteiger partial charge < -0.3 is 4.90 Å². The van der Waals surface area contributed by atoms with Gasteiger partial charge in [-0.25, -0.2) is 9.98 Å². The molecule has 1 heterocycles. The summed E-state index contributed by atoms with van der Waals surface area (Å²) >= 11 is 0. The Bertz CT molecular complexity index is 472. The van der Waals surface area contributed by atoms with Crippen molar-refractivity contribution in [1.29, 1.82) is 0 Å². The minimum atomic E-state index is 0.533. The predicted molar refractivity (Wildman–Crippen MR) is 114 cm³/mol. The fourth-order valence-electron chi connectivity index (χ4n) is 3.26. The third kappa shape index (κ3) is 9.72. The summed E-state index contributed by atoms with van der Waals surface area (Å²) in [6, 6.07) is 7.99. The molecule has 1 aromatic heterocycles. The van der Waals surface area contributed by atoms with Crippen molar-refractivity contribution in [3.8, 4) is 0 Å². The van der Waals surface area contributed by atoms with Crippen molar-refractivity contribution in [2.24, 2.45) is 9.98 Å². The topological polar surface area (TPSA) is 40.9 Å². The highest BCUT2D eigenvalue weighted by Gasteiger charge is 2.12. The van der Waals surface area contributed by atoms with Gasteiger partial charge in [0.15, 0.2) is 0 Å². The van der Waals surface area contributed by atoms with Gasteiger partial charge in [-0.3, -0.25) is 4.98 Å². The van der Waals surface area contributed by atoms with E-state index >= 15 is 0 Å². The van der Waals surface area contributed by atoms with E-state index in [-0.39, 0.29) is 0 Å². The maximum atomic E-state index is 4.46. The summed E-state index contributed by atoms with van der Waals surface area (Å²) < 4.78 is 0. The maximum absolute atomic E-state index is 4.46. The molecular weight excluding hydrogens is 320 g/mol. The fourth-order valence-corrected chi connectivity index (χ4v) is 3.26. The summed E-state index contributed by atoms with van der Waals surface area (Å²) in [6.07, 6.45) is 16.8. The average molecular weight is 359 g/mol. The van der Waals surface area contributed by atoms with Crippen molar-refractivity contribution in [2.45, 2.75) is 90.1 Å². The van der Waals surface area contributed by atoms with Gasteiger partial charge in [-0.1, -0.05) is 52.4 Å². The van der Waals surface area contributed by atoms with Crippen molar-refractivity contribution in [3.05, 3.63) is 24.5 Å². The van der Waals surface area contributed by atoms with Gasteiger partial charge in [-0.15, -0.1) is 0 Å². The van der Waals surface area contributed by atoms with Gasteiger partial charge in [0.25, 0.3) is 0 Å². The molecule has 0 unspecified atom stereocenters. The molecule has 146 valence electrons. The number of anilines is 1. The SMILES string of the molecule is C(=NC1CCCCC1)=NC1CCCCC1.CC.CN(C)c1ccncc1. The molecule has 0 spiro atoms. The molecule has 2 fully saturated rings. The van der Waals surface area contributed by atoms with Crippen LogP contribution in [0.3, 0.4) is 0 Å². The first-order chi connectivity index (χ1) is 12.8. The van der Waals surface area contributed by atoms with E-state index in [0.29, 0.717) is 12.1 Å². The zero-order chi connectivity index (χ0) is 19.0. The van der Waals surface area contributed by atoms with Crippen molar-refractivity contribution in [1.82, 2.24) is 4.98 Å². The van der Waals surface area contributed by atoms with Crippen LogP contribution in [-0.2, 0) is 0 Å². The predicted octanol–water partition coefficient (Wildman–Crippen LogP) is 6.00. The first-order valence-electron chi connectivity index (χ1n) is 10.5. The Kier molecular flexibility index (Phi) is 12.5. The lowest BCUT2D eigenvalue weighted by Gasteiger charge is -2.17. The highest BCUT2D eigenvalue weighted by atomic mass is 15.1. The Labute approximate surface area is 160 Å². The largest absolute Gasteiger partial charge is 0.378 e. The third-order valence-electron chi connectivity index (χ3n) is 4.81. The Hall–Kier alpha value is -1.67. The minimum absolute atomic E-state index is 0.533. The van der Waals surface area contributed by atoms with Gasteiger partial charge in [-0.2, -0.15) is 0 Å². The number of aromatic nitrogens is 1. The zero-order valence-electron chi connectivity index (χ0n) is 17.3. The molecule has 0 N–H and O–H groups in total. The molecule has 3 rings (SSSR count). The summed E-state index contributed by atoms with van der Waals surface area (Å²) in [7, 11) is 4.02. The van der Waals surface area contributed by atoms with Crippen molar-refractivity contribution < 1.29 is 0 Å². The molecule has 2 aliphatic rings. The number of hydrogen-bond donors (Lipinski definition) is 0. The first-order valence-corrected chi connectivity index (χ1v) is 10.5. The highest BCUT2D eigenvalue weighted by Crippen LogP contribution is 2.21. The van der Waals surface area contributed by atoms with Crippen LogP contribution in [0.2, 0.25) is 0 Å². The number of hydrogen-bond acceptors (Lipinski definition) is 4. The van der Waals surface area contributed by atoms with E-state index in [1.165, 1.54) is 69.9 Å². The number of pyridine rings is 1. The zero-order valence-corrected chi connectivity index (χ0v) is 17.3. The fraction of sp³-hybridized carbons (Fsp3) is 0.727. The van der Waals surface area contributed by atoms with E-state index in [9.17, 15) is 0 Å². The summed E-state index contributed by atoms with van der Waals surface area (Å²) in [5, 5.41) is 0. The van der Waals surface area contributed by atoms with E-state index < -0.39 is 0 Å². The van der Waals surface area contributed by atoms with Crippen LogP contribution in [0, 0.1) is 0 Å². The summed E-state index contributed by atoms with van der Waals surface area (Å²) in [4.78, 5) is 14.9. The molecule has 0 aromatic carbocycles. The molecule has 0 bridgehead atoms. The van der Waals surface area contributed by atoms with E-state index in [1.807, 2.05) is 45.0 Å². The second kappa shape index (κ2) is 14.5. The van der Waals surface area contributed by atoms with E-state index in [2.05, 4.69) is 21.0 Å². The van der Waals surface area contributed by atoms with Gasteiger partial charge in [0, 0.05) is 32.2 Å². The first kappa shape index (κ1) is 22.4. The molecule has 4 heteroatoms. The Morgan fingerprint density at radius 1 is 0.808 bits per heavy atom. The molecule has 0 aliphatic heterocycles. The van der Waals surface area contributed by atoms with Gasteiger partial charge in [-0.05, 0) is 37.8 Å². The van der Waals surface area contributed by atoms with Crippen molar-refractivity contribution in [2.75, 3.05) is 19.0 Å². The molecule has 0 atom stereocenters. The summed E-state index contributed by atoms with van der Waals surface area (Å²) in [5.74, 6) is 0. The van der Waals surface area contributed by atoms with Crippen LogP contribution in [0.1, 0.15) is 78.1 Å². The maximum Gasteiger partial charge on any atom is 0.0898 e. The second-order valence-electron chi connectivity index (χ2n) is 7.04. The highest BCUT2D eigenvalue weighted by molar-refractivity contribution is 5.42. The molecule has 0 saturated heterocycles. The van der Waals surface area contributed by atoms with Gasteiger partial charge >= 0.3 is 0 Å². The van der Waals surface area contributed by atoms with Crippen LogP contribution >= 0.6 is 0 Å². The lowest BCUT2D eigenvalue weighted by atomic mass is 9.96. The van der Waals surface area contributed by atoms with Gasteiger partial charge in [0.05, 0.1) is 18.1 Å². The molecule has 2 aliphatic carbocycles. The molecule has 1 aromatic rings. The van der Waals surface area contributed by atoms with Crippen LogP contribution < -0.4 is 4.90 Å². The van der Waals surface area contributed by atoms with Gasteiger partial charge in [0.1, 0.15) is 0 Å². The van der Waals surface area contributed by atoms with Crippen LogP contribution in [0.5, 0.6) is 0 Å². The lowest BCUT2D eigenvalue weighted by Crippen LogP contribution is -2.10. The summed E-state index contributed by atoms with van der Waals surface area (Å²) in [5.41, 5.74) is 1.19. The quantitative estimate of drug-likeness (QED) is 0.622. The Morgan fingerprint density at radius 3 is 1.58 bits per heavy atom. The van der Waals surface area contributed by atoms with E-state index in [4.69, 9.17) is 0 Å². The van der Waals surface area contributed by atoms with Crippen molar-refractivity contribution >= 4 is 11.7 Å². The van der Waals surface area contributed by atoms with Gasteiger partial charge in [0.2, 0.25) is 0 Å². The minimum Gasteiger partial charge on any atom is -0.378 e. The van der Waals surface area contributed by atoms with Crippen LogP contribution in [0.25, 0.3) is 0 Å². The molecule has 2 saturated carbocycles. The average Bonchev–Trinajstić information content (AvgIpc) is 2.72. The third-order valence-corrected chi connectivity index (χ3v) is 4.81. The van der Waals surface area contributed by atoms with Crippen LogP contribution in [-0.4, -0.2) is 37.2 Å². The van der Waals surface area contributed by atoms with Crippen LogP contribution in [0.4, 0.5) is 5.69 Å². The van der Waals surface area contributed by atoms with Crippen molar-refractivity contribution in [3.63, 3.8) is 0 Å². The standard InChI is InChI=1S/C13H22N2.C7H10N2.C2H6/c1-3-7-12(8-4-1)14-11-15-13-9-5-2-6-10-13;1-9(2)7-3-5-8-6-4-7;1-2/h12-13H,1-10H2;3-6H,1-2H3;1-2H3. The second-order valence-corrected chi connectivity index (χ2v) is 7.04. The number of nitrogens with zero attached hydrogens (tertiary/aromatic N) is 4. The normalized spacial score (nSPS) is 17.5. The van der Waals surface area contributed by atoms with E-state index in [1.54, 1.807) is 12.4 Å². The van der Waals surface area contributed by atoms with Crippen LogP contribution in [0.15, 0.2) is 34.5 Å². The molecule has 0 radical (unpaired) electrons. The monoisotopic (exact) mass is 358 g/mol. The molecule has 0 amide bonds. The molecular formula is C22H38N4. The molecule has 4 nitrogen and oxygen atoms in total. The number of aliphatic imine (C=N–C) groups is 2.